The van der Waals surface area contributed by atoms with E-state index in [4.69, 9.17) is 0 Å². The summed E-state index contributed by atoms with van der Waals surface area (Å²) in [5.74, 6) is -0.357. The van der Waals surface area contributed by atoms with E-state index in [0.717, 1.165) is 11.1 Å². The number of hydrogen-bond donors (Lipinski definition) is 1. The number of fused-ring (bicyclic) bond motifs is 1. The Morgan fingerprint density at radius 2 is 1.77 bits per heavy atom. The number of nitrogens with one attached hydrogen (secondary N) is 1. The number of nitrogens with zero attached hydrogens (tertiary/aromatic N) is 5. The summed E-state index contributed by atoms with van der Waals surface area (Å²) in [7, 11) is 0. The van der Waals surface area contributed by atoms with E-state index in [9.17, 15) is 14.4 Å². The fourth-order valence-corrected chi connectivity index (χ4v) is 5.08. The maximum atomic E-state index is 13.8. The lowest BCUT2D eigenvalue weighted by molar-refractivity contribution is -0.156. The van der Waals surface area contributed by atoms with Crippen LogP contribution in [0.3, 0.4) is 0 Å². The molecule has 40 heavy (non-hydrogen) atoms. The molecule has 9 heteroatoms. The fourth-order valence-electron chi connectivity index (χ4n) is 5.08. The normalized spacial score (nSPS) is 19.6. The lowest BCUT2D eigenvalue weighted by Gasteiger charge is -2.46. The van der Waals surface area contributed by atoms with Gasteiger partial charge in [0, 0.05) is 13.0 Å². The zero-order chi connectivity index (χ0) is 28.5. The van der Waals surface area contributed by atoms with Crippen LogP contribution in [0, 0.1) is 0 Å². The van der Waals surface area contributed by atoms with Crippen LogP contribution in [0.4, 0.5) is 4.79 Å². The van der Waals surface area contributed by atoms with Gasteiger partial charge in [-0.25, -0.2) is 4.79 Å². The first kappa shape index (κ1) is 28.5. The van der Waals surface area contributed by atoms with E-state index in [0.29, 0.717) is 18.7 Å². The Kier molecular flexibility index (Phi) is 9.64. The minimum absolute atomic E-state index is 0.0232. The highest BCUT2D eigenvalue weighted by Crippen LogP contribution is 2.30. The van der Waals surface area contributed by atoms with Crippen molar-refractivity contribution in [2.45, 2.75) is 32.1 Å². The molecular weight excluding hydrogens is 504 g/mol. The van der Waals surface area contributed by atoms with Crippen molar-refractivity contribution in [1.29, 1.82) is 0 Å². The molecule has 0 unspecified atom stereocenters. The van der Waals surface area contributed by atoms with Gasteiger partial charge in [0.05, 0.1) is 31.9 Å². The van der Waals surface area contributed by atoms with Gasteiger partial charge in [-0.05, 0) is 30.8 Å². The van der Waals surface area contributed by atoms with E-state index >= 15 is 0 Å². The maximum absolute atomic E-state index is 13.8. The van der Waals surface area contributed by atoms with Gasteiger partial charge in [-0.3, -0.25) is 19.6 Å². The van der Waals surface area contributed by atoms with Crippen LogP contribution in [0.1, 0.15) is 18.1 Å². The standard InChI is InChI=1S/C31H36N6O3/c1-4-6-17-26(32-3)21-34-22-28-36(35(18-5-2)31(40)33-20-25-15-11-8-12-16-25)23-29(38)37(28)27(30(34)39)19-24-13-9-7-10-14-24/h4-17,27-28H,2-3,18-23H2,1H3,(H,33,40)/b6-4-,26-17-/t27-,28+/m0/s1. The van der Waals surface area contributed by atoms with Crippen molar-refractivity contribution in [2.24, 2.45) is 4.99 Å². The summed E-state index contributed by atoms with van der Waals surface area (Å²) in [6, 6.07) is 18.2. The predicted octanol–water partition coefficient (Wildman–Crippen LogP) is 3.38. The monoisotopic (exact) mass is 540 g/mol. The highest BCUT2D eigenvalue weighted by atomic mass is 16.2. The summed E-state index contributed by atoms with van der Waals surface area (Å²) in [6.07, 6.45) is 7.00. The average Bonchev–Trinajstić information content (AvgIpc) is 3.30. The smallest absolute Gasteiger partial charge is 0.332 e. The first-order valence-electron chi connectivity index (χ1n) is 13.4. The number of piperazine rings is 1. The van der Waals surface area contributed by atoms with Crippen molar-refractivity contribution in [3.8, 4) is 0 Å². The van der Waals surface area contributed by atoms with Crippen LogP contribution in [-0.4, -0.2) is 82.8 Å². The lowest BCUT2D eigenvalue weighted by atomic mass is 10.0. The molecule has 0 spiro atoms. The second kappa shape index (κ2) is 13.5. The molecule has 9 nitrogen and oxygen atoms in total. The highest BCUT2D eigenvalue weighted by molar-refractivity contribution is 5.92. The van der Waals surface area contributed by atoms with E-state index in [-0.39, 0.29) is 44.0 Å². The molecule has 2 heterocycles. The van der Waals surface area contributed by atoms with Gasteiger partial charge in [0.2, 0.25) is 11.8 Å². The van der Waals surface area contributed by atoms with Crippen molar-refractivity contribution in [3.63, 3.8) is 0 Å². The van der Waals surface area contributed by atoms with Crippen LogP contribution in [0.2, 0.25) is 0 Å². The molecule has 208 valence electrons. The first-order valence-corrected chi connectivity index (χ1v) is 13.4. The van der Waals surface area contributed by atoms with E-state index in [2.05, 4.69) is 23.6 Å². The van der Waals surface area contributed by atoms with Gasteiger partial charge in [0.1, 0.15) is 12.2 Å². The number of benzene rings is 2. The molecule has 2 atom stereocenters. The average molecular weight is 541 g/mol. The Bertz CT molecular complexity index is 1280. The molecule has 4 amide bonds. The molecular formula is C31H36N6O3. The van der Waals surface area contributed by atoms with Gasteiger partial charge in [0.15, 0.2) is 0 Å². The predicted molar refractivity (Wildman–Crippen MR) is 156 cm³/mol. The minimum Gasteiger partial charge on any atom is -0.333 e. The second-order valence-corrected chi connectivity index (χ2v) is 9.66. The van der Waals surface area contributed by atoms with Crippen molar-refractivity contribution in [2.75, 3.05) is 26.2 Å². The van der Waals surface area contributed by atoms with Crippen LogP contribution < -0.4 is 5.32 Å². The summed E-state index contributed by atoms with van der Waals surface area (Å²) in [5, 5.41) is 6.21. The molecule has 2 fully saturated rings. The minimum atomic E-state index is -0.718. The molecule has 4 rings (SSSR count). The van der Waals surface area contributed by atoms with Gasteiger partial charge in [0.25, 0.3) is 0 Å². The SMILES string of the molecule is C=CCN(C(=O)NCc1ccccc1)N1CC(=O)N2[C@@H](Cc3ccccc3)C(=O)N(C/C(=C/C=C\C)N=C)C[C@@H]21. The van der Waals surface area contributed by atoms with Crippen molar-refractivity contribution < 1.29 is 14.4 Å². The second-order valence-electron chi connectivity index (χ2n) is 9.66. The molecule has 1 N–H and O–H groups in total. The fraction of sp³-hybridized carbons (Fsp3) is 0.290. The number of aliphatic imine (C=N–C) groups is 1. The Hall–Kier alpha value is -4.50. The van der Waals surface area contributed by atoms with Crippen LogP contribution in [0.5, 0.6) is 0 Å². The lowest BCUT2D eigenvalue weighted by Crippen LogP contribution is -2.66. The van der Waals surface area contributed by atoms with E-state index in [1.165, 1.54) is 5.01 Å². The van der Waals surface area contributed by atoms with Crippen LogP contribution >= 0.6 is 0 Å². The van der Waals surface area contributed by atoms with Crippen molar-refractivity contribution in [1.82, 2.24) is 25.1 Å². The number of carbonyl (C=O) groups is 3. The Morgan fingerprint density at radius 3 is 2.40 bits per heavy atom. The molecule has 0 radical (unpaired) electrons. The molecule has 0 bridgehead atoms. The Balaban J connectivity index is 1.63. The Labute approximate surface area is 235 Å². The summed E-state index contributed by atoms with van der Waals surface area (Å²) < 4.78 is 0. The first-order chi connectivity index (χ1) is 19.5. The van der Waals surface area contributed by atoms with Crippen molar-refractivity contribution in [3.05, 3.63) is 108 Å². The third-order valence-electron chi connectivity index (χ3n) is 7.01. The van der Waals surface area contributed by atoms with Gasteiger partial charge >= 0.3 is 6.03 Å². The number of hydrazine groups is 1. The number of urea groups is 1. The van der Waals surface area contributed by atoms with Crippen molar-refractivity contribution >= 4 is 24.6 Å². The van der Waals surface area contributed by atoms with E-state index in [1.807, 2.05) is 85.8 Å². The quantitative estimate of drug-likeness (QED) is 0.269. The summed E-state index contributed by atoms with van der Waals surface area (Å²) in [5.41, 5.74) is 2.55. The summed E-state index contributed by atoms with van der Waals surface area (Å²) in [4.78, 5) is 48.2. The molecule has 2 aliphatic heterocycles. The number of hydrogen-bond acceptors (Lipinski definition) is 5. The number of carbonyl (C=O) groups excluding carboxylic acids is 3. The third kappa shape index (κ3) is 6.55. The van der Waals surface area contributed by atoms with Crippen LogP contribution in [0.15, 0.2) is 102 Å². The van der Waals surface area contributed by atoms with Crippen LogP contribution in [-0.2, 0) is 22.6 Å². The molecule has 2 aliphatic rings. The number of rotatable bonds is 11. The molecule has 2 saturated heterocycles. The van der Waals surface area contributed by atoms with Gasteiger partial charge in [-0.1, -0.05) is 78.9 Å². The van der Waals surface area contributed by atoms with E-state index < -0.39 is 12.2 Å². The zero-order valence-electron chi connectivity index (χ0n) is 22.9. The largest absolute Gasteiger partial charge is 0.333 e. The van der Waals surface area contributed by atoms with Gasteiger partial charge in [-0.2, -0.15) is 5.01 Å². The molecule has 0 aromatic heterocycles. The number of allylic oxidation sites excluding steroid dienone is 3. The topological polar surface area (TPSA) is 88.6 Å². The molecule has 0 saturated carbocycles. The third-order valence-corrected chi connectivity index (χ3v) is 7.01. The van der Waals surface area contributed by atoms with Crippen LogP contribution in [0.25, 0.3) is 0 Å². The highest BCUT2D eigenvalue weighted by Gasteiger charge is 2.52. The maximum Gasteiger partial charge on any atom is 0.332 e. The van der Waals surface area contributed by atoms with Gasteiger partial charge in [-0.15, -0.1) is 6.58 Å². The molecule has 0 aliphatic carbocycles. The Morgan fingerprint density at radius 1 is 1.10 bits per heavy atom. The molecule has 2 aromatic carbocycles. The van der Waals surface area contributed by atoms with E-state index in [1.54, 1.807) is 20.9 Å². The van der Waals surface area contributed by atoms with Gasteiger partial charge < -0.3 is 15.1 Å². The molecule has 2 aromatic rings. The zero-order valence-corrected chi connectivity index (χ0v) is 22.9. The number of amides is 4. The summed E-state index contributed by atoms with van der Waals surface area (Å²) in [6.45, 7) is 10.4. The summed E-state index contributed by atoms with van der Waals surface area (Å²) >= 11 is 0.